The molecule has 9 heteroatoms. The summed E-state index contributed by atoms with van der Waals surface area (Å²) in [7, 11) is -3.55. The highest BCUT2D eigenvalue weighted by atomic mass is 32.2. The summed E-state index contributed by atoms with van der Waals surface area (Å²) in [5.41, 5.74) is 2.89. The van der Waals surface area contributed by atoms with Crippen molar-refractivity contribution in [3.63, 3.8) is 0 Å². The molecule has 0 amide bonds. The minimum Gasteiger partial charge on any atom is -0.236 e. The molecular formula is C20H21N5O2S2. The van der Waals surface area contributed by atoms with Gasteiger partial charge in [-0.05, 0) is 44.2 Å². The van der Waals surface area contributed by atoms with Crippen molar-refractivity contribution in [3.05, 3.63) is 53.3 Å². The van der Waals surface area contributed by atoms with Crippen molar-refractivity contribution in [2.45, 2.75) is 35.6 Å². The lowest BCUT2D eigenvalue weighted by atomic mass is 9.96. The van der Waals surface area contributed by atoms with Crippen LogP contribution in [-0.2, 0) is 10.0 Å². The summed E-state index contributed by atoms with van der Waals surface area (Å²) >= 11 is 1.40. The van der Waals surface area contributed by atoms with Crippen LogP contribution in [0.15, 0.2) is 46.5 Å². The Labute approximate surface area is 174 Å². The first kappa shape index (κ1) is 19.9. The molecule has 2 aromatic heterocycles. The molecule has 29 heavy (non-hydrogen) atoms. The summed E-state index contributed by atoms with van der Waals surface area (Å²) in [4.78, 5) is 4.65. The molecular weight excluding hydrogens is 406 g/mol. The zero-order valence-electron chi connectivity index (χ0n) is 16.2. The summed E-state index contributed by atoms with van der Waals surface area (Å²) in [6, 6.07) is 11.0. The van der Waals surface area contributed by atoms with E-state index in [1.807, 2.05) is 31.4 Å². The molecule has 1 unspecified atom stereocenters. The van der Waals surface area contributed by atoms with E-state index in [0.717, 1.165) is 24.1 Å². The van der Waals surface area contributed by atoms with Gasteiger partial charge in [-0.15, -0.1) is 11.8 Å². The molecule has 3 aromatic rings. The molecule has 0 saturated carbocycles. The lowest BCUT2D eigenvalue weighted by Gasteiger charge is -2.32. The summed E-state index contributed by atoms with van der Waals surface area (Å²) in [6.07, 6.45) is 5.17. The van der Waals surface area contributed by atoms with Gasteiger partial charge < -0.3 is 0 Å². The molecule has 150 valence electrons. The fourth-order valence-corrected chi connectivity index (χ4v) is 5.78. The fraction of sp³-hybridized carbons (Fsp3) is 0.350. The van der Waals surface area contributed by atoms with Crippen LogP contribution in [0.25, 0.3) is 5.65 Å². The second-order valence-corrected chi connectivity index (χ2v) is 9.85. The molecule has 0 radical (unpaired) electrons. The third-order valence-corrected chi connectivity index (χ3v) is 7.83. The topological polar surface area (TPSA) is 91.4 Å². The number of thioether (sulfide) groups is 1. The van der Waals surface area contributed by atoms with E-state index in [1.54, 1.807) is 27.2 Å². The van der Waals surface area contributed by atoms with Gasteiger partial charge in [-0.3, -0.25) is 0 Å². The number of fused-ring (bicyclic) bond motifs is 1. The quantitative estimate of drug-likeness (QED) is 0.594. The van der Waals surface area contributed by atoms with Gasteiger partial charge >= 0.3 is 0 Å². The minimum absolute atomic E-state index is 0.0179. The average molecular weight is 428 g/mol. The van der Waals surface area contributed by atoms with Crippen molar-refractivity contribution < 1.29 is 8.42 Å². The number of hydrogen-bond acceptors (Lipinski definition) is 6. The molecule has 3 heterocycles. The molecule has 1 aromatic carbocycles. The van der Waals surface area contributed by atoms with E-state index in [-0.39, 0.29) is 5.92 Å². The maximum absolute atomic E-state index is 13.1. The number of hydrogen-bond donors (Lipinski definition) is 0. The van der Waals surface area contributed by atoms with Gasteiger partial charge in [0, 0.05) is 25.2 Å². The number of sulfonamides is 1. The standard InChI is InChI=1S/C20H21N5O2S2/c1-14-5-7-16(8-6-14)29(26,27)24-11-3-4-15(13-24)18-9-10-22-19-17(12-21)20(28-2)23-25(18)19/h5-10,15H,3-4,11,13H2,1-2H3. The van der Waals surface area contributed by atoms with E-state index in [0.29, 0.717) is 34.2 Å². The van der Waals surface area contributed by atoms with Gasteiger partial charge in [-0.2, -0.15) is 14.7 Å². The molecule has 1 atom stereocenters. The van der Waals surface area contributed by atoms with Gasteiger partial charge in [-0.1, -0.05) is 17.7 Å². The van der Waals surface area contributed by atoms with Crippen molar-refractivity contribution >= 4 is 27.4 Å². The van der Waals surface area contributed by atoms with Crippen LogP contribution < -0.4 is 0 Å². The minimum atomic E-state index is -3.55. The van der Waals surface area contributed by atoms with E-state index in [2.05, 4.69) is 16.2 Å². The van der Waals surface area contributed by atoms with Gasteiger partial charge in [0.2, 0.25) is 10.0 Å². The Morgan fingerprint density at radius 2 is 2.00 bits per heavy atom. The molecule has 0 bridgehead atoms. The lowest BCUT2D eigenvalue weighted by molar-refractivity contribution is 0.310. The molecule has 1 aliphatic rings. The third-order valence-electron chi connectivity index (χ3n) is 5.28. The first-order valence-corrected chi connectivity index (χ1v) is 12.0. The van der Waals surface area contributed by atoms with Crippen molar-refractivity contribution in [2.75, 3.05) is 19.3 Å². The number of piperidine rings is 1. The highest BCUT2D eigenvalue weighted by Gasteiger charge is 2.32. The molecule has 1 saturated heterocycles. The van der Waals surface area contributed by atoms with Crippen molar-refractivity contribution in [3.8, 4) is 6.07 Å². The first-order valence-electron chi connectivity index (χ1n) is 9.34. The highest BCUT2D eigenvalue weighted by molar-refractivity contribution is 7.98. The Morgan fingerprint density at radius 3 is 2.69 bits per heavy atom. The van der Waals surface area contributed by atoms with Crippen LogP contribution in [0.4, 0.5) is 0 Å². The van der Waals surface area contributed by atoms with E-state index in [4.69, 9.17) is 0 Å². The summed E-state index contributed by atoms with van der Waals surface area (Å²) in [5.74, 6) is -0.0179. The average Bonchev–Trinajstić information content (AvgIpc) is 3.12. The highest BCUT2D eigenvalue weighted by Crippen LogP contribution is 2.32. The molecule has 1 aliphatic heterocycles. The number of benzene rings is 1. The lowest BCUT2D eigenvalue weighted by Crippen LogP contribution is -2.39. The normalized spacial score (nSPS) is 18.0. The predicted octanol–water partition coefficient (Wildman–Crippen LogP) is 3.20. The number of nitriles is 1. The summed E-state index contributed by atoms with van der Waals surface area (Å²) in [5, 5.41) is 14.7. The van der Waals surface area contributed by atoms with Crippen LogP contribution in [0.1, 0.15) is 35.6 Å². The third kappa shape index (κ3) is 3.52. The van der Waals surface area contributed by atoms with Crippen LogP contribution in [0.3, 0.4) is 0 Å². The molecule has 0 N–H and O–H groups in total. The zero-order valence-corrected chi connectivity index (χ0v) is 17.9. The first-order chi connectivity index (χ1) is 14.0. The largest absolute Gasteiger partial charge is 0.243 e. The van der Waals surface area contributed by atoms with Gasteiger partial charge in [0.25, 0.3) is 0 Å². The van der Waals surface area contributed by atoms with E-state index in [9.17, 15) is 13.7 Å². The number of aryl methyl sites for hydroxylation is 1. The van der Waals surface area contributed by atoms with Crippen LogP contribution >= 0.6 is 11.8 Å². The van der Waals surface area contributed by atoms with Crippen molar-refractivity contribution in [2.24, 2.45) is 0 Å². The van der Waals surface area contributed by atoms with Crippen LogP contribution in [-0.4, -0.2) is 46.7 Å². The van der Waals surface area contributed by atoms with Gasteiger partial charge in [0.05, 0.1) is 10.6 Å². The number of aromatic nitrogens is 3. The van der Waals surface area contributed by atoms with Crippen molar-refractivity contribution in [1.29, 1.82) is 5.26 Å². The molecule has 1 fully saturated rings. The number of rotatable bonds is 4. The Bertz CT molecular complexity index is 1200. The van der Waals surface area contributed by atoms with E-state index >= 15 is 0 Å². The second kappa shape index (κ2) is 7.78. The Morgan fingerprint density at radius 1 is 1.24 bits per heavy atom. The molecule has 7 nitrogen and oxygen atoms in total. The van der Waals surface area contributed by atoms with Gasteiger partial charge in [0.15, 0.2) is 5.65 Å². The SMILES string of the molecule is CSc1nn2c(C3CCCN(S(=O)(=O)c4ccc(C)cc4)C3)ccnc2c1C#N. The zero-order chi connectivity index (χ0) is 20.6. The Balaban J connectivity index is 1.70. The van der Waals surface area contributed by atoms with Gasteiger partial charge in [0.1, 0.15) is 16.7 Å². The maximum atomic E-state index is 13.1. The second-order valence-electron chi connectivity index (χ2n) is 7.12. The van der Waals surface area contributed by atoms with Crippen LogP contribution in [0.5, 0.6) is 0 Å². The smallest absolute Gasteiger partial charge is 0.236 e. The van der Waals surface area contributed by atoms with E-state index < -0.39 is 10.0 Å². The molecule has 0 spiro atoms. The van der Waals surface area contributed by atoms with Crippen LogP contribution in [0.2, 0.25) is 0 Å². The van der Waals surface area contributed by atoms with Gasteiger partial charge in [-0.25, -0.2) is 17.9 Å². The fourth-order valence-electron chi connectivity index (χ4n) is 3.76. The summed E-state index contributed by atoms with van der Waals surface area (Å²) in [6.45, 7) is 2.82. The molecule has 4 rings (SSSR count). The Kier molecular flexibility index (Phi) is 5.34. The monoisotopic (exact) mass is 427 g/mol. The van der Waals surface area contributed by atoms with E-state index in [1.165, 1.54) is 11.8 Å². The predicted molar refractivity (Wildman–Crippen MR) is 111 cm³/mol. The Hall–Kier alpha value is -2.41. The molecule has 0 aliphatic carbocycles. The maximum Gasteiger partial charge on any atom is 0.243 e. The van der Waals surface area contributed by atoms with Crippen LogP contribution in [0, 0.1) is 18.3 Å². The number of nitrogens with zero attached hydrogens (tertiary/aromatic N) is 5. The summed E-state index contributed by atoms with van der Waals surface area (Å²) < 4.78 is 29.5. The van der Waals surface area contributed by atoms with Crippen molar-refractivity contribution in [1.82, 2.24) is 18.9 Å².